The van der Waals surface area contributed by atoms with Crippen LogP contribution in [0.2, 0.25) is 5.02 Å². The van der Waals surface area contributed by atoms with Crippen molar-refractivity contribution in [3.8, 4) is 0 Å². The number of hydrogen-bond acceptors (Lipinski definition) is 3. The molecule has 2 aromatic carbocycles. The SMILES string of the molecule is CN(C(=O)c1cccc([N+](=O)[O-])c1F)c1c(Cl)cc(C(F)(C(F)(F)F)C(F)(F)F)cc1Br. The molecule has 0 aliphatic carbocycles. The summed E-state index contributed by atoms with van der Waals surface area (Å²) in [6.45, 7) is 0. The first-order valence-electron chi connectivity index (χ1n) is 7.98. The van der Waals surface area contributed by atoms with E-state index in [1.165, 1.54) is 0 Å². The van der Waals surface area contributed by atoms with E-state index in [0.29, 0.717) is 4.90 Å². The molecule has 5 nitrogen and oxygen atoms in total. The van der Waals surface area contributed by atoms with Crippen LogP contribution >= 0.6 is 27.5 Å². The lowest BCUT2D eigenvalue weighted by molar-refractivity contribution is -0.387. The predicted octanol–water partition coefficient (Wildman–Crippen LogP) is 6.72. The van der Waals surface area contributed by atoms with E-state index < -0.39 is 66.7 Å². The molecule has 0 saturated carbocycles. The largest absolute Gasteiger partial charge is 0.435 e. The van der Waals surface area contributed by atoms with E-state index in [1.54, 1.807) is 0 Å². The Labute approximate surface area is 186 Å². The van der Waals surface area contributed by atoms with E-state index in [1.807, 2.05) is 0 Å². The van der Waals surface area contributed by atoms with Gasteiger partial charge in [-0.25, -0.2) is 4.39 Å². The maximum Gasteiger partial charge on any atom is 0.435 e. The van der Waals surface area contributed by atoms with Gasteiger partial charge in [-0.05, 0) is 34.1 Å². The lowest BCUT2D eigenvalue weighted by atomic mass is 9.94. The molecule has 15 heteroatoms. The fourth-order valence-corrected chi connectivity index (χ4v) is 3.87. The zero-order valence-electron chi connectivity index (χ0n) is 15.3. The van der Waals surface area contributed by atoms with Gasteiger partial charge in [0.2, 0.25) is 5.82 Å². The molecule has 2 aromatic rings. The van der Waals surface area contributed by atoms with Crippen molar-refractivity contribution >= 4 is 44.8 Å². The number of benzene rings is 2. The second-order valence-corrected chi connectivity index (χ2v) is 7.46. The van der Waals surface area contributed by atoms with Gasteiger partial charge in [-0.15, -0.1) is 0 Å². The molecule has 0 aliphatic rings. The molecule has 0 unspecified atom stereocenters. The van der Waals surface area contributed by atoms with Crippen LogP contribution in [0, 0.1) is 15.9 Å². The Morgan fingerprint density at radius 3 is 2.06 bits per heavy atom. The number of hydrogen-bond donors (Lipinski definition) is 0. The van der Waals surface area contributed by atoms with E-state index in [4.69, 9.17) is 11.6 Å². The molecule has 1 amide bonds. The third-order valence-corrected chi connectivity index (χ3v) is 5.13. The van der Waals surface area contributed by atoms with E-state index in [0.717, 1.165) is 25.2 Å². The smallest absolute Gasteiger partial charge is 0.309 e. The number of rotatable bonds is 4. The van der Waals surface area contributed by atoms with Crippen molar-refractivity contribution < 1.29 is 44.8 Å². The summed E-state index contributed by atoms with van der Waals surface area (Å²) in [4.78, 5) is 22.8. The molecule has 0 heterocycles. The minimum Gasteiger partial charge on any atom is -0.309 e. The standard InChI is InChI=1S/C17H8BrClF8N2O3/c1-28(14(30)8-3-2-4-11(12(8)20)29(31)32)13-9(18)5-7(6-10(13)19)15(21,16(22,23)24)17(25,26)27/h2-6H,1H3. The molecule has 174 valence electrons. The fraction of sp³-hybridized carbons (Fsp3) is 0.235. The highest BCUT2D eigenvalue weighted by molar-refractivity contribution is 9.10. The molecule has 0 spiro atoms. The highest BCUT2D eigenvalue weighted by atomic mass is 79.9. The van der Waals surface area contributed by atoms with Crippen LogP contribution in [-0.2, 0) is 5.67 Å². The monoisotopic (exact) mass is 554 g/mol. The van der Waals surface area contributed by atoms with Gasteiger partial charge in [-0.3, -0.25) is 14.9 Å². The normalized spacial score (nSPS) is 12.6. The Bertz CT molecular complexity index is 1050. The van der Waals surface area contributed by atoms with Crippen molar-refractivity contribution in [1.82, 2.24) is 0 Å². The van der Waals surface area contributed by atoms with Crippen molar-refractivity contribution in [2.75, 3.05) is 11.9 Å². The van der Waals surface area contributed by atoms with Gasteiger partial charge in [0.25, 0.3) is 5.91 Å². The molecule has 0 aromatic heterocycles. The highest BCUT2D eigenvalue weighted by Crippen LogP contribution is 2.54. The second-order valence-electron chi connectivity index (χ2n) is 6.20. The van der Waals surface area contributed by atoms with Gasteiger partial charge in [0.1, 0.15) is 0 Å². The average molecular weight is 556 g/mol. The number of halogens is 10. The molecule has 0 radical (unpaired) electrons. The summed E-state index contributed by atoms with van der Waals surface area (Å²) >= 11 is 8.40. The maximum absolute atomic E-state index is 14.3. The molecule has 2 rings (SSSR count). The number of carbonyl (C=O) groups is 1. The average Bonchev–Trinajstić information content (AvgIpc) is 2.64. The number of carbonyl (C=O) groups excluding carboxylic acids is 1. The van der Waals surface area contributed by atoms with Crippen LogP contribution in [0.3, 0.4) is 0 Å². The minimum absolute atomic E-state index is 0.0240. The molecular formula is C17H8BrClF8N2O3. The van der Waals surface area contributed by atoms with E-state index >= 15 is 0 Å². The van der Waals surface area contributed by atoms with Gasteiger partial charge < -0.3 is 4.90 Å². The van der Waals surface area contributed by atoms with E-state index in [-0.39, 0.29) is 12.1 Å². The summed E-state index contributed by atoms with van der Waals surface area (Å²) in [7, 11) is 0.919. The highest BCUT2D eigenvalue weighted by Gasteiger charge is 2.73. The minimum atomic E-state index is -6.40. The zero-order chi connectivity index (χ0) is 24.8. The first-order chi connectivity index (χ1) is 14.4. The molecule has 0 saturated heterocycles. The third kappa shape index (κ3) is 4.25. The van der Waals surface area contributed by atoms with Crippen molar-refractivity contribution in [3.63, 3.8) is 0 Å². The van der Waals surface area contributed by atoms with Crippen LogP contribution in [0.5, 0.6) is 0 Å². The first kappa shape index (κ1) is 25.8. The van der Waals surface area contributed by atoms with Crippen molar-refractivity contribution in [3.05, 3.63) is 66.9 Å². The topological polar surface area (TPSA) is 63.5 Å². The van der Waals surface area contributed by atoms with Gasteiger partial charge in [0.05, 0.1) is 21.2 Å². The van der Waals surface area contributed by atoms with E-state index in [9.17, 15) is 50.0 Å². The lowest BCUT2D eigenvalue weighted by Crippen LogP contribution is -2.50. The molecule has 0 atom stereocenters. The molecule has 0 N–H and O–H groups in total. The van der Waals surface area contributed by atoms with Gasteiger partial charge in [-0.2, -0.15) is 30.7 Å². The summed E-state index contributed by atoms with van der Waals surface area (Å²) in [5.41, 5.74) is -10.1. The van der Waals surface area contributed by atoms with Gasteiger partial charge in [-0.1, -0.05) is 17.7 Å². The summed E-state index contributed by atoms with van der Waals surface area (Å²) < 4.78 is 106. The third-order valence-electron chi connectivity index (χ3n) is 4.24. The maximum atomic E-state index is 14.3. The number of nitro benzene ring substituents is 1. The Hall–Kier alpha value is -2.48. The Kier molecular flexibility index (Phi) is 6.82. The van der Waals surface area contributed by atoms with Gasteiger partial charge in [0.15, 0.2) is 0 Å². The number of nitro groups is 1. The van der Waals surface area contributed by atoms with Gasteiger partial charge >= 0.3 is 23.7 Å². The Balaban J connectivity index is 2.62. The number of amides is 1. The summed E-state index contributed by atoms with van der Waals surface area (Å²) in [5, 5.41) is 9.91. The molecule has 0 aliphatic heterocycles. The Morgan fingerprint density at radius 1 is 1.09 bits per heavy atom. The van der Waals surface area contributed by atoms with E-state index in [2.05, 4.69) is 15.9 Å². The first-order valence-corrected chi connectivity index (χ1v) is 9.15. The van der Waals surface area contributed by atoms with Crippen molar-refractivity contribution in [2.45, 2.75) is 18.0 Å². The summed E-state index contributed by atoms with van der Waals surface area (Å²) in [5.74, 6) is -2.81. The van der Waals surface area contributed by atoms with Gasteiger partial charge in [0, 0.05) is 23.2 Å². The van der Waals surface area contributed by atoms with Crippen LogP contribution in [-0.4, -0.2) is 30.2 Å². The van der Waals surface area contributed by atoms with Crippen LogP contribution in [0.15, 0.2) is 34.8 Å². The molecule has 32 heavy (non-hydrogen) atoms. The van der Waals surface area contributed by atoms with Crippen molar-refractivity contribution in [2.24, 2.45) is 0 Å². The summed E-state index contributed by atoms with van der Waals surface area (Å²) in [6.07, 6.45) is -12.8. The van der Waals surface area contributed by atoms with Crippen LogP contribution in [0.4, 0.5) is 46.5 Å². The fourth-order valence-electron chi connectivity index (χ4n) is 2.68. The predicted molar refractivity (Wildman–Crippen MR) is 99.8 cm³/mol. The number of nitrogens with zero attached hydrogens (tertiary/aromatic N) is 2. The molecule has 0 bridgehead atoms. The quantitative estimate of drug-likeness (QED) is 0.239. The number of anilines is 1. The lowest BCUT2D eigenvalue weighted by Gasteiger charge is -2.31. The zero-order valence-corrected chi connectivity index (χ0v) is 17.6. The van der Waals surface area contributed by atoms with Crippen LogP contribution < -0.4 is 4.90 Å². The van der Waals surface area contributed by atoms with Crippen LogP contribution in [0.25, 0.3) is 0 Å². The second kappa shape index (κ2) is 8.46. The van der Waals surface area contributed by atoms with Crippen LogP contribution in [0.1, 0.15) is 15.9 Å². The molecule has 0 fully saturated rings. The van der Waals surface area contributed by atoms with Crippen molar-refractivity contribution in [1.29, 1.82) is 0 Å². The molecular weight excluding hydrogens is 548 g/mol. The Morgan fingerprint density at radius 2 is 1.62 bits per heavy atom. The number of alkyl halides is 7. The summed E-state index contributed by atoms with van der Waals surface area (Å²) in [6, 6.07) is 2.74.